The van der Waals surface area contributed by atoms with Crippen molar-refractivity contribution in [1.82, 2.24) is 4.98 Å². The molecule has 178 valence electrons. The van der Waals surface area contributed by atoms with Gasteiger partial charge in [-0.15, -0.1) is 0 Å². The molecule has 0 unspecified atom stereocenters. The summed E-state index contributed by atoms with van der Waals surface area (Å²) in [5.41, 5.74) is 13.3. The number of pyridine rings is 1. The molecule has 0 atom stereocenters. The highest BCUT2D eigenvalue weighted by molar-refractivity contribution is 5.98. The summed E-state index contributed by atoms with van der Waals surface area (Å²) in [7, 11) is 0. The van der Waals surface area contributed by atoms with E-state index in [-0.39, 0.29) is 0 Å². The molecular weight excluding hydrogens is 460 g/mol. The van der Waals surface area contributed by atoms with E-state index in [1.165, 1.54) is 50.3 Å². The molecule has 0 fully saturated rings. The van der Waals surface area contributed by atoms with E-state index in [9.17, 15) is 0 Å². The van der Waals surface area contributed by atoms with Gasteiger partial charge in [0.2, 0.25) is 0 Å². The van der Waals surface area contributed by atoms with Gasteiger partial charge in [-0.25, -0.2) is 0 Å². The third kappa shape index (κ3) is 2.69. The molecule has 5 aromatic carbocycles. The second-order valence-electron chi connectivity index (χ2n) is 9.97. The van der Waals surface area contributed by atoms with Gasteiger partial charge in [-0.2, -0.15) is 0 Å². The van der Waals surface area contributed by atoms with E-state index in [1.807, 2.05) is 18.5 Å². The van der Waals surface area contributed by atoms with Crippen LogP contribution in [0, 0.1) is 0 Å². The predicted octanol–water partition coefficient (Wildman–Crippen LogP) is 8.89. The number of anilines is 3. The highest BCUT2D eigenvalue weighted by Crippen LogP contribution is 2.64. The van der Waals surface area contributed by atoms with Gasteiger partial charge >= 0.3 is 0 Å². The predicted molar refractivity (Wildman–Crippen MR) is 155 cm³/mol. The molecule has 1 aliphatic heterocycles. The second-order valence-corrected chi connectivity index (χ2v) is 9.97. The van der Waals surface area contributed by atoms with Gasteiger partial charge in [0.15, 0.2) is 0 Å². The summed E-state index contributed by atoms with van der Waals surface area (Å²) < 4.78 is 0. The van der Waals surface area contributed by atoms with E-state index in [0.717, 1.165) is 11.3 Å². The fourth-order valence-electron chi connectivity index (χ4n) is 6.78. The van der Waals surface area contributed by atoms with Crippen molar-refractivity contribution in [2.24, 2.45) is 0 Å². The van der Waals surface area contributed by atoms with Crippen molar-refractivity contribution in [3.8, 4) is 22.3 Å². The maximum absolute atomic E-state index is 4.50. The molecule has 2 aliphatic rings. The van der Waals surface area contributed by atoms with Crippen LogP contribution in [0.5, 0.6) is 0 Å². The van der Waals surface area contributed by atoms with Gasteiger partial charge in [0, 0.05) is 23.6 Å². The first-order valence-electron chi connectivity index (χ1n) is 13.1. The number of rotatable bonds is 2. The van der Waals surface area contributed by atoms with E-state index in [0.29, 0.717) is 0 Å². The summed E-state index contributed by atoms with van der Waals surface area (Å²) in [6.07, 6.45) is 3.84. The van der Waals surface area contributed by atoms with Crippen LogP contribution >= 0.6 is 0 Å². The van der Waals surface area contributed by atoms with Gasteiger partial charge in [0.1, 0.15) is 0 Å². The largest absolute Gasteiger partial charge is 0.310 e. The maximum Gasteiger partial charge on any atom is 0.0760 e. The number of para-hydroxylation sites is 3. The fraction of sp³-hybridized carbons (Fsp3) is 0.0278. The molecule has 0 saturated carbocycles. The highest BCUT2D eigenvalue weighted by Gasteiger charge is 2.52. The zero-order valence-corrected chi connectivity index (χ0v) is 20.8. The Kier molecular flexibility index (Phi) is 4.47. The van der Waals surface area contributed by atoms with Crippen LogP contribution in [0.1, 0.15) is 22.3 Å². The van der Waals surface area contributed by atoms with Crippen LogP contribution in [0.2, 0.25) is 0 Å². The number of hydrogen-bond donors (Lipinski definition) is 0. The van der Waals surface area contributed by atoms with E-state index >= 15 is 0 Å². The Labute approximate surface area is 222 Å². The van der Waals surface area contributed by atoms with Crippen LogP contribution in [-0.2, 0) is 5.41 Å². The summed E-state index contributed by atoms with van der Waals surface area (Å²) in [4.78, 5) is 6.92. The number of hydrogen-bond acceptors (Lipinski definition) is 2. The standard InChI is InChI=1S/C36H24N2/c1-2-13-26(14-3-1)38-33-21-8-6-19-31(33)36(32-20-7-9-22-34(32)38)30-18-5-4-15-28(30)29-17-10-16-27(35(29)36)25-12-11-23-37-24-25/h1-24H. The molecule has 1 aliphatic carbocycles. The Hall–Kier alpha value is -4.95. The van der Waals surface area contributed by atoms with Crippen molar-refractivity contribution < 1.29 is 0 Å². The summed E-state index contributed by atoms with van der Waals surface area (Å²) in [5, 5.41) is 0. The molecule has 2 nitrogen and oxygen atoms in total. The summed E-state index contributed by atoms with van der Waals surface area (Å²) >= 11 is 0. The molecule has 1 spiro atoms. The van der Waals surface area contributed by atoms with Crippen LogP contribution in [0.25, 0.3) is 22.3 Å². The Balaban J connectivity index is 1.57. The monoisotopic (exact) mass is 484 g/mol. The zero-order chi connectivity index (χ0) is 25.1. The van der Waals surface area contributed by atoms with Crippen LogP contribution in [0.15, 0.2) is 146 Å². The van der Waals surface area contributed by atoms with E-state index < -0.39 is 5.41 Å². The van der Waals surface area contributed by atoms with E-state index in [1.54, 1.807) is 0 Å². The number of nitrogens with zero attached hydrogens (tertiary/aromatic N) is 2. The molecule has 6 aromatic rings. The minimum Gasteiger partial charge on any atom is -0.310 e. The molecule has 0 bridgehead atoms. The van der Waals surface area contributed by atoms with Gasteiger partial charge in [0.05, 0.1) is 16.8 Å². The van der Waals surface area contributed by atoms with Crippen molar-refractivity contribution in [2.75, 3.05) is 4.90 Å². The molecular formula is C36H24N2. The average molecular weight is 485 g/mol. The quantitative estimate of drug-likeness (QED) is 0.243. The normalized spacial score (nSPS) is 13.9. The van der Waals surface area contributed by atoms with Crippen LogP contribution < -0.4 is 4.90 Å². The Morgan fingerprint density at radius 3 is 1.79 bits per heavy atom. The third-order valence-electron chi connectivity index (χ3n) is 8.15. The average Bonchev–Trinajstić information content (AvgIpc) is 3.30. The van der Waals surface area contributed by atoms with Gasteiger partial charge in [-0.05, 0) is 69.3 Å². The summed E-state index contributed by atoms with van der Waals surface area (Å²) in [5.74, 6) is 0. The first-order chi connectivity index (χ1) is 18.9. The smallest absolute Gasteiger partial charge is 0.0760 e. The molecule has 2 heterocycles. The lowest BCUT2D eigenvalue weighted by Crippen LogP contribution is -2.36. The molecule has 8 rings (SSSR count). The Bertz CT molecular complexity index is 1770. The van der Waals surface area contributed by atoms with Crippen LogP contribution in [0.3, 0.4) is 0 Å². The minimum absolute atomic E-state index is 0.461. The van der Waals surface area contributed by atoms with E-state index in [2.05, 4.69) is 137 Å². The highest BCUT2D eigenvalue weighted by atomic mass is 15.2. The Morgan fingerprint density at radius 2 is 1.08 bits per heavy atom. The van der Waals surface area contributed by atoms with E-state index in [4.69, 9.17) is 0 Å². The molecule has 38 heavy (non-hydrogen) atoms. The van der Waals surface area contributed by atoms with Crippen LogP contribution in [0.4, 0.5) is 17.1 Å². The van der Waals surface area contributed by atoms with Crippen LogP contribution in [-0.4, -0.2) is 4.98 Å². The number of fused-ring (bicyclic) bond motifs is 9. The maximum atomic E-state index is 4.50. The van der Waals surface area contributed by atoms with Crippen molar-refractivity contribution in [3.05, 3.63) is 168 Å². The first-order valence-corrected chi connectivity index (χ1v) is 13.1. The lowest BCUT2D eigenvalue weighted by molar-refractivity contribution is 0.754. The molecule has 2 heteroatoms. The zero-order valence-electron chi connectivity index (χ0n) is 20.8. The van der Waals surface area contributed by atoms with Gasteiger partial charge in [0.25, 0.3) is 0 Å². The third-order valence-corrected chi connectivity index (χ3v) is 8.15. The number of aromatic nitrogens is 1. The molecule has 0 radical (unpaired) electrons. The van der Waals surface area contributed by atoms with Crippen molar-refractivity contribution >= 4 is 17.1 Å². The SMILES string of the molecule is c1ccc(N2c3ccccc3C3(c4ccccc4-c4cccc(-c5cccnc5)c43)c3ccccc32)cc1. The summed E-state index contributed by atoms with van der Waals surface area (Å²) in [6.45, 7) is 0. The Morgan fingerprint density at radius 1 is 0.474 bits per heavy atom. The minimum atomic E-state index is -0.461. The lowest BCUT2D eigenvalue weighted by Gasteiger charge is -2.45. The molecule has 1 aromatic heterocycles. The van der Waals surface area contributed by atoms with Crippen molar-refractivity contribution in [1.29, 1.82) is 0 Å². The molecule has 0 N–H and O–H groups in total. The van der Waals surface area contributed by atoms with Gasteiger partial charge in [-0.1, -0.05) is 103 Å². The fourth-order valence-corrected chi connectivity index (χ4v) is 6.78. The molecule has 0 amide bonds. The van der Waals surface area contributed by atoms with Gasteiger partial charge < -0.3 is 4.90 Å². The van der Waals surface area contributed by atoms with Crippen molar-refractivity contribution in [2.45, 2.75) is 5.41 Å². The van der Waals surface area contributed by atoms with Crippen molar-refractivity contribution in [3.63, 3.8) is 0 Å². The number of benzene rings is 5. The first kappa shape index (κ1) is 21.2. The molecule has 0 saturated heterocycles. The van der Waals surface area contributed by atoms with Gasteiger partial charge in [-0.3, -0.25) is 4.98 Å². The second kappa shape index (κ2) is 8.03. The summed E-state index contributed by atoms with van der Waals surface area (Å²) in [6, 6.07) is 48.5. The lowest BCUT2D eigenvalue weighted by atomic mass is 9.63. The topological polar surface area (TPSA) is 16.1 Å².